The first-order valence-corrected chi connectivity index (χ1v) is 8.97. The highest BCUT2D eigenvalue weighted by Gasteiger charge is 2.09. The van der Waals surface area contributed by atoms with Crippen molar-refractivity contribution in [1.29, 1.82) is 0 Å². The molecule has 0 atom stereocenters. The van der Waals surface area contributed by atoms with Gasteiger partial charge in [0.05, 0.1) is 10.7 Å². The molecule has 0 fully saturated rings. The number of hydrogen-bond acceptors (Lipinski definition) is 2. The maximum Gasteiger partial charge on any atom is 0.0642 e. The van der Waals surface area contributed by atoms with Gasteiger partial charge in [-0.05, 0) is 50.7 Å². The fourth-order valence-electron chi connectivity index (χ4n) is 2.36. The summed E-state index contributed by atoms with van der Waals surface area (Å²) in [6, 6.07) is 6.33. The van der Waals surface area contributed by atoms with Crippen LogP contribution < -0.4 is 4.90 Å². The van der Waals surface area contributed by atoms with E-state index in [-0.39, 0.29) is 0 Å². The molecule has 0 spiro atoms. The molecule has 0 unspecified atom stereocenters. The molecule has 2 nitrogen and oxygen atoms in total. The van der Waals surface area contributed by atoms with Gasteiger partial charge in [0.15, 0.2) is 0 Å². The first-order chi connectivity index (χ1) is 9.65. The van der Waals surface area contributed by atoms with Gasteiger partial charge in [-0.25, -0.2) is 0 Å². The van der Waals surface area contributed by atoms with Gasteiger partial charge in [-0.1, -0.05) is 47.4 Å². The number of rotatable bonds is 9. The molecule has 0 aliphatic heterocycles. The van der Waals surface area contributed by atoms with Crippen LogP contribution in [0, 0.1) is 0 Å². The Labute approximate surface area is 137 Å². The van der Waals surface area contributed by atoms with Crippen molar-refractivity contribution in [3.63, 3.8) is 0 Å². The lowest BCUT2D eigenvalue weighted by atomic mass is 10.2. The number of anilines is 1. The fraction of sp³-hybridized carbons (Fsp3) is 0.625. The van der Waals surface area contributed by atoms with Crippen molar-refractivity contribution in [1.82, 2.24) is 4.90 Å². The Kier molecular flexibility index (Phi) is 8.58. The second kappa shape index (κ2) is 9.64. The average Bonchev–Trinajstić information content (AvgIpc) is 2.48. The van der Waals surface area contributed by atoms with Gasteiger partial charge in [0.1, 0.15) is 0 Å². The number of benzene rings is 1. The highest BCUT2D eigenvalue weighted by atomic mass is 79.9. The van der Waals surface area contributed by atoms with E-state index in [2.05, 4.69) is 64.7 Å². The molecular weight excluding hydrogens is 336 g/mol. The first kappa shape index (κ1) is 17.8. The van der Waals surface area contributed by atoms with E-state index in [9.17, 15) is 0 Å². The van der Waals surface area contributed by atoms with Crippen molar-refractivity contribution in [2.75, 3.05) is 37.6 Å². The van der Waals surface area contributed by atoms with Crippen LogP contribution in [-0.4, -0.2) is 37.6 Å². The zero-order chi connectivity index (χ0) is 15.0. The minimum Gasteiger partial charge on any atom is -0.371 e. The fourth-order valence-corrected chi connectivity index (χ4v) is 3.04. The summed E-state index contributed by atoms with van der Waals surface area (Å²) in [4.78, 5) is 4.83. The summed E-state index contributed by atoms with van der Waals surface area (Å²) in [5, 5.41) is 1.70. The number of hydrogen-bond donors (Lipinski definition) is 0. The Morgan fingerprint density at radius 2 is 1.75 bits per heavy atom. The van der Waals surface area contributed by atoms with Crippen LogP contribution in [0.25, 0.3) is 0 Å². The molecule has 0 N–H and O–H groups in total. The molecule has 0 aromatic heterocycles. The lowest BCUT2D eigenvalue weighted by Crippen LogP contribution is -2.30. The molecule has 1 aromatic rings. The third-order valence-electron chi connectivity index (χ3n) is 3.69. The van der Waals surface area contributed by atoms with E-state index in [0.717, 1.165) is 48.8 Å². The average molecular weight is 362 g/mol. The highest BCUT2D eigenvalue weighted by Crippen LogP contribution is 2.27. The summed E-state index contributed by atoms with van der Waals surface area (Å²) < 4.78 is 0. The molecule has 1 rings (SSSR count). The van der Waals surface area contributed by atoms with Crippen molar-refractivity contribution in [3.8, 4) is 0 Å². The second-order valence-corrected chi connectivity index (χ2v) is 5.85. The minimum atomic E-state index is 0.848. The Morgan fingerprint density at radius 1 is 1.05 bits per heavy atom. The van der Waals surface area contributed by atoms with Crippen LogP contribution in [0.3, 0.4) is 0 Å². The van der Waals surface area contributed by atoms with Crippen molar-refractivity contribution in [2.24, 2.45) is 0 Å². The first-order valence-electron chi connectivity index (χ1n) is 7.47. The third-order valence-corrected chi connectivity index (χ3v) is 4.64. The Bertz CT molecular complexity index is 394. The molecule has 0 amide bonds. The molecular formula is C16H26BrClN2. The molecule has 0 bridgehead atoms. The van der Waals surface area contributed by atoms with E-state index in [0.29, 0.717) is 0 Å². The predicted molar refractivity (Wildman–Crippen MR) is 94.4 cm³/mol. The van der Waals surface area contributed by atoms with Crippen LogP contribution >= 0.6 is 27.5 Å². The van der Waals surface area contributed by atoms with E-state index >= 15 is 0 Å². The topological polar surface area (TPSA) is 6.48 Å². The second-order valence-electron chi connectivity index (χ2n) is 4.88. The van der Waals surface area contributed by atoms with Gasteiger partial charge in [-0.3, -0.25) is 0 Å². The zero-order valence-electron chi connectivity index (χ0n) is 12.8. The largest absolute Gasteiger partial charge is 0.371 e. The molecule has 1 aromatic carbocycles. The summed E-state index contributed by atoms with van der Waals surface area (Å²) in [5.74, 6) is 0. The van der Waals surface area contributed by atoms with Gasteiger partial charge in [0.2, 0.25) is 0 Å². The van der Waals surface area contributed by atoms with Gasteiger partial charge in [-0.2, -0.15) is 0 Å². The molecule has 0 radical (unpaired) electrons. The van der Waals surface area contributed by atoms with E-state index in [4.69, 9.17) is 11.6 Å². The molecule has 0 heterocycles. The number of alkyl halides is 1. The number of nitrogens with zero attached hydrogens (tertiary/aromatic N) is 2. The predicted octanol–water partition coefficient (Wildman–Crippen LogP) is 4.79. The summed E-state index contributed by atoms with van der Waals surface area (Å²) in [7, 11) is 0. The van der Waals surface area contributed by atoms with Crippen molar-refractivity contribution < 1.29 is 0 Å². The van der Waals surface area contributed by atoms with Crippen molar-refractivity contribution in [3.05, 3.63) is 28.8 Å². The van der Waals surface area contributed by atoms with Gasteiger partial charge < -0.3 is 9.80 Å². The van der Waals surface area contributed by atoms with Gasteiger partial charge in [-0.15, -0.1) is 0 Å². The Hall–Kier alpha value is -0.250. The van der Waals surface area contributed by atoms with Crippen LogP contribution in [0.2, 0.25) is 5.02 Å². The highest BCUT2D eigenvalue weighted by molar-refractivity contribution is 9.08. The maximum absolute atomic E-state index is 6.40. The molecule has 0 saturated carbocycles. The molecule has 0 aliphatic rings. The monoisotopic (exact) mass is 360 g/mol. The van der Waals surface area contributed by atoms with E-state index in [1.165, 1.54) is 12.0 Å². The lowest BCUT2D eigenvalue weighted by molar-refractivity contribution is 0.301. The number of halogens is 2. The van der Waals surface area contributed by atoms with Crippen LogP contribution in [0.4, 0.5) is 5.69 Å². The summed E-state index contributed by atoms with van der Waals surface area (Å²) >= 11 is 9.87. The SMILES string of the molecule is CCN(CC)CCCN(CC)c1ccc(CBr)cc1Cl. The van der Waals surface area contributed by atoms with Crippen LogP contribution in [0.1, 0.15) is 32.8 Å². The maximum atomic E-state index is 6.40. The third kappa shape index (κ3) is 5.27. The molecule has 0 aliphatic carbocycles. The summed E-state index contributed by atoms with van der Waals surface area (Å²) in [6.07, 6.45) is 1.17. The normalized spacial score (nSPS) is 11.1. The molecule has 0 saturated heterocycles. The quantitative estimate of drug-likeness (QED) is 0.583. The van der Waals surface area contributed by atoms with Crippen LogP contribution in [-0.2, 0) is 5.33 Å². The summed E-state index contributed by atoms with van der Waals surface area (Å²) in [6.45, 7) is 12.1. The lowest BCUT2D eigenvalue weighted by Gasteiger charge is -2.26. The van der Waals surface area contributed by atoms with Gasteiger partial charge in [0.25, 0.3) is 0 Å². The van der Waals surface area contributed by atoms with Gasteiger partial charge >= 0.3 is 0 Å². The smallest absolute Gasteiger partial charge is 0.0642 e. The molecule has 114 valence electrons. The zero-order valence-corrected chi connectivity index (χ0v) is 15.2. The standard InChI is InChI=1S/C16H26BrClN2/c1-4-19(5-2)10-7-11-20(6-3)16-9-8-14(13-17)12-15(16)18/h8-9,12H,4-7,10-11,13H2,1-3H3. The van der Waals surface area contributed by atoms with Crippen molar-refractivity contribution in [2.45, 2.75) is 32.5 Å². The van der Waals surface area contributed by atoms with Crippen molar-refractivity contribution >= 4 is 33.2 Å². The van der Waals surface area contributed by atoms with Crippen LogP contribution in [0.5, 0.6) is 0 Å². The van der Waals surface area contributed by atoms with E-state index < -0.39 is 0 Å². The Balaban J connectivity index is 2.62. The molecule has 20 heavy (non-hydrogen) atoms. The Morgan fingerprint density at radius 3 is 2.25 bits per heavy atom. The van der Waals surface area contributed by atoms with E-state index in [1.54, 1.807) is 0 Å². The van der Waals surface area contributed by atoms with Crippen LogP contribution in [0.15, 0.2) is 18.2 Å². The van der Waals surface area contributed by atoms with E-state index in [1.807, 2.05) is 0 Å². The van der Waals surface area contributed by atoms with Gasteiger partial charge in [0, 0.05) is 18.4 Å². The minimum absolute atomic E-state index is 0.848. The molecule has 4 heteroatoms. The summed E-state index contributed by atoms with van der Waals surface area (Å²) in [5.41, 5.74) is 2.37.